The van der Waals surface area contributed by atoms with Crippen molar-refractivity contribution in [1.82, 2.24) is 15.5 Å². The molecule has 3 N–H and O–H groups in total. The normalized spacial score (nSPS) is 15.1. The van der Waals surface area contributed by atoms with Crippen LogP contribution in [0, 0.1) is 11.8 Å². The van der Waals surface area contributed by atoms with E-state index in [1.165, 1.54) is 6.92 Å². The molecule has 7 nitrogen and oxygen atoms in total. The van der Waals surface area contributed by atoms with Crippen LogP contribution in [-0.4, -0.2) is 59.5 Å². The van der Waals surface area contributed by atoms with Gasteiger partial charge in [-0.15, -0.1) is 0 Å². The lowest BCUT2D eigenvalue weighted by Gasteiger charge is -2.38. The maximum Gasteiger partial charge on any atom is 0.331 e. The van der Waals surface area contributed by atoms with E-state index in [-0.39, 0.29) is 29.2 Å². The second-order valence-electron chi connectivity index (χ2n) is 10.1. The van der Waals surface area contributed by atoms with E-state index in [1.54, 1.807) is 18.0 Å². The first-order chi connectivity index (χ1) is 15.8. The van der Waals surface area contributed by atoms with Gasteiger partial charge in [0.15, 0.2) is 0 Å². The maximum absolute atomic E-state index is 13.7. The summed E-state index contributed by atoms with van der Waals surface area (Å²) in [5.41, 5.74) is 0.688. The second-order valence-corrected chi connectivity index (χ2v) is 10.1. The van der Waals surface area contributed by atoms with Crippen molar-refractivity contribution in [1.29, 1.82) is 0 Å². The van der Waals surface area contributed by atoms with Gasteiger partial charge in [0, 0.05) is 17.5 Å². The van der Waals surface area contributed by atoms with Crippen molar-refractivity contribution in [2.45, 2.75) is 78.9 Å². The van der Waals surface area contributed by atoms with Gasteiger partial charge in [-0.2, -0.15) is 0 Å². The van der Waals surface area contributed by atoms with Crippen molar-refractivity contribution in [3.8, 4) is 0 Å². The SMILES string of the molecule is CCN(C(=O)[C@@H](NC(=O)[C@@H](NC)C(C)(C)c1ccccc1)C(C)C)[C@H](/C=C(\C)C(=O)O)C(C)C. The predicted octanol–water partition coefficient (Wildman–Crippen LogP) is 3.60. The Bertz CT molecular complexity index is 862. The Hall–Kier alpha value is -2.67. The third-order valence-electron chi connectivity index (χ3n) is 6.45. The molecular weight excluding hydrogens is 430 g/mol. The Morgan fingerprint density at radius 2 is 1.62 bits per heavy atom. The molecule has 7 heteroatoms. The van der Waals surface area contributed by atoms with Crippen molar-refractivity contribution in [3.63, 3.8) is 0 Å². The minimum Gasteiger partial charge on any atom is -0.478 e. The van der Waals surface area contributed by atoms with E-state index in [0.717, 1.165) is 5.56 Å². The third-order valence-corrected chi connectivity index (χ3v) is 6.45. The first-order valence-electron chi connectivity index (χ1n) is 12.0. The molecule has 0 heterocycles. The molecule has 1 aromatic rings. The maximum atomic E-state index is 13.7. The smallest absolute Gasteiger partial charge is 0.331 e. The molecule has 0 aliphatic carbocycles. The summed E-state index contributed by atoms with van der Waals surface area (Å²) in [7, 11) is 1.74. The molecule has 0 fully saturated rings. The lowest BCUT2D eigenvalue weighted by Crippen LogP contribution is -2.60. The minimum atomic E-state index is -1.01. The largest absolute Gasteiger partial charge is 0.478 e. The lowest BCUT2D eigenvalue weighted by atomic mass is 9.77. The molecule has 0 radical (unpaired) electrons. The number of hydrogen-bond donors (Lipinski definition) is 3. The Morgan fingerprint density at radius 3 is 2.03 bits per heavy atom. The van der Waals surface area contributed by atoms with Crippen LogP contribution in [0.25, 0.3) is 0 Å². The third kappa shape index (κ3) is 7.16. The number of likely N-dealkylation sites (N-methyl/N-ethyl adjacent to an activating group) is 2. The van der Waals surface area contributed by atoms with Gasteiger partial charge in [-0.1, -0.05) is 78.0 Å². The summed E-state index contributed by atoms with van der Waals surface area (Å²) in [6.07, 6.45) is 1.63. The van der Waals surface area contributed by atoms with E-state index < -0.39 is 29.5 Å². The minimum absolute atomic E-state index is 0.00350. The molecular formula is C27H43N3O4. The predicted molar refractivity (Wildman–Crippen MR) is 136 cm³/mol. The van der Waals surface area contributed by atoms with Crippen molar-refractivity contribution >= 4 is 17.8 Å². The Kier molecular flexibility index (Phi) is 11.0. The number of benzene rings is 1. The van der Waals surface area contributed by atoms with Gasteiger partial charge in [0.2, 0.25) is 11.8 Å². The standard InChI is InChI=1S/C27H43N3O4/c1-10-30(21(17(2)3)16-19(6)26(33)34)25(32)22(18(4)5)29-24(31)23(28-9)27(7,8)20-14-12-11-13-15-20/h11-18,21-23,28H,10H2,1-9H3,(H,29,31)(H,33,34)/b19-16+/t21-,22+,23-/m1/s1. The molecule has 2 amide bonds. The number of aliphatic carboxylic acids is 1. The van der Waals surface area contributed by atoms with E-state index in [0.29, 0.717) is 6.54 Å². The highest BCUT2D eigenvalue weighted by atomic mass is 16.4. The molecule has 0 aliphatic heterocycles. The lowest BCUT2D eigenvalue weighted by molar-refractivity contribution is -0.140. The van der Waals surface area contributed by atoms with Crippen molar-refractivity contribution in [3.05, 3.63) is 47.5 Å². The highest BCUT2D eigenvalue weighted by Crippen LogP contribution is 2.27. The van der Waals surface area contributed by atoms with E-state index in [2.05, 4.69) is 10.6 Å². The van der Waals surface area contributed by atoms with Gasteiger partial charge in [0.25, 0.3) is 0 Å². The van der Waals surface area contributed by atoms with Gasteiger partial charge in [0.1, 0.15) is 6.04 Å². The molecule has 1 aromatic carbocycles. The molecule has 34 heavy (non-hydrogen) atoms. The van der Waals surface area contributed by atoms with Gasteiger partial charge < -0.3 is 20.6 Å². The summed E-state index contributed by atoms with van der Waals surface area (Å²) in [4.78, 5) is 40.2. The second kappa shape index (κ2) is 12.7. The number of carbonyl (C=O) groups excluding carboxylic acids is 2. The molecule has 0 unspecified atom stereocenters. The molecule has 0 saturated heterocycles. The van der Waals surface area contributed by atoms with Crippen LogP contribution >= 0.6 is 0 Å². The van der Waals surface area contributed by atoms with Crippen LogP contribution in [0.1, 0.15) is 61.0 Å². The first kappa shape index (κ1) is 29.4. The van der Waals surface area contributed by atoms with Crippen LogP contribution in [0.2, 0.25) is 0 Å². The molecule has 3 atom stereocenters. The highest BCUT2D eigenvalue weighted by Gasteiger charge is 2.39. The van der Waals surface area contributed by atoms with Gasteiger partial charge in [0.05, 0.1) is 12.1 Å². The molecule has 190 valence electrons. The zero-order valence-electron chi connectivity index (χ0n) is 22.2. The fourth-order valence-electron chi connectivity index (χ4n) is 4.27. The van der Waals surface area contributed by atoms with Crippen molar-refractivity contribution < 1.29 is 19.5 Å². The fraction of sp³-hybridized carbons (Fsp3) is 0.593. The first-order valence-corrected chi connectivity index (χ1v) is 12.0. The number of nitrogens with one attached hydrogen (secondary N) is 2. The van der Waals surface area contributed by atoms with Gasteiger partial charge in [-0.3, -0.25) is 9.59 Å². The van der Waals surface area contributed by atoms with Crippen LogP contribution in [0.15, 0.2) is 42.0 Å². The summed E-state index contributed by atoms with van der Waals surface area (Å²) < 4.78 is 0. The van der Waals surface area contributed by atoms with Crippen LogP contribution in [0.4, 0.5) is 0 Å². The summed E-state index contributed by atoms with van der Waals surface area (Å²) in [5, 5.41) is 15.5. The monoisotopic (exact) mass is 473 g/mol. The van der Waals surface area contributed by atoms with E-state index in [4.69, 9.17) is 0 Å². The van der Waals surface area contributed by atoms with Crippen LogP contribution in [0.5, 0.6) is 0 Å². The molecule has 1 rings (SSSR count). The quantitative estimate of drug-likeness (QED) is 0.403. The van der Waals surface area contributed by atoms with E-state index in [9.17, 15) is 19.5 Å². The number of carbonyl (C=O) groups is 3. The summed E-state index contributed by atoms with van der Waals surface area (Å²) in [5.74, 6) is -1.63. The topological polar surface area (TPSA) is 98.7 Å². The Balaban J connectivity index is 3.26. The average molecular weight is 474 g/mol. The van der Waals surface area contributed by atoms with E-state index in [1.807, 2.05) is 78.8 Å². The summed E-state index contributed by atoms with van der Waals surface area (Å²) in [6.45, 7) is 15.5. The summed E-state index contributed by atoms with van der Waals surface area (Å²) in [6, 6.07) is 8.11. The highest BCUT2D eigenvalue weighted by molar-refractivity contribution is 5.91. The van der Waals surface area contributed by atoms with Crippen molar-refractivity contribution in [2.24, 2.45) is 11.8 Å². The molecule has 0 spiro atoms. The van der Waals surface area contributed by atoms with Crippen LogP contribution in [0.3, 0.4) is 0 Å². The number of hydrogen-bond acceptors (Lipinski definition) is 4. The average Bonchev–Trinajstić information content (AvgIpc) is 2.77. The van der Waals surface area contributed by atoms with Gasteiger partial charge in [-0.05, 0) is 38.3 Å². The zero-order chi connectivity index (χ0) is 26.2. The molecule has 0 bridgehead atoms. The van der Waals surface area contributed by atoms with Gasteiger partial charge in [-0.25, -0.2) is 4.79 Å². The van der Waals surface area contributed by atoms with Crippen molar-refractivity contribution in [2.75, 3.05) is 13.6 Å². The zero-order valence-corrected chi connectivity index (χ0v) is 22.2. The number of carboxylic acid groups (broad SMARTS) is 1. The fourth-order valence-corrected chi connectivity index (χ4v) is 4.27. The Morgan fingerprint density at radius 1 is 1.06 bits per heavy atom. The number of carboxylic acids is 1. The van der Waals surface area contributed by atoms with Crippen LogP contribution < -0.4 is 10.6 Å². The van der Waals surface area contributed by atoms with Crippen LogP contribution in [-0.2, 0) is 19.8 Å². The number of amides is 2. The molecule has 0 saturated carbocycles. The Labute approximate surface area is 205 Å². The number of nitrogens with zero attached hydrogens (tertiary/aromatic N) is 1. The molecule has 0 aromatic heterocycles. The summed E-state index contributed by atoms with van der Waals surface area (Å²) >= 11 is 0. The van der Waals surface area contributed by atoms with E-state index >= 15 is 0 Å². The molecule has 0 aliphatic rings. The van der Waals surface area contributed by atoms with Gasteiger partial charge >= 0.3 is 5.97 Å². The number of rotatable bonds is 12.